The monoisotopic (exact) mass is 450 g/mol. The van der Waals surface area contributed by atoms with Crippen molar-refractivity contribution in [3.05, 3.63) is 94.8 Å². The zero-order chi connectivity index (χ0) is 23.4. The fraction of sp³-hybridized carbons (Fsp3) is 0.125. The van der Waals surface area contributed by atoms with Crippen molar-refractivity contribution < 1.29 is 32.7 Å². The van der Waals surface area contributed by atoms with E-state index in [-0.39, 0.29) is 36.2 Å². The molecule has 0 saturated carbocycles. The molecular formula is C24H19FN2O6. The van der Waals surface area contributed by atoms with Gasteiger partial charge in [-0.05, 0) is 53.6 Å². The van der Waals surface area contributed by atoms with Gasteiger partial charge in [0, 0.05) is 0 Å². The highest BCUT2D eigenvalue weighted by atomic mass is 19.1. The minimum absolute atomic E-state index is 0.0166. The molecule has 0 bridgehead atoms. The summed E-state index contributed by atoms with van der Waals surface area (Å²) in [5.74, 6) is -0.626. The van der Waals surface area contributed by atoms with Crippen LogP contribution in [0.2, 0.25) is 0 Å². The molecule has 1 N–H and O–H groups in total. The molecule has 0 radical (unpaired) electrons. The number of urea groups is 1. The van der Waals surface area contributed by atoms with Crippen LogP contribution in [0.5, 0.6) is 5.75 Å². The van der Waals surface area contributed by atoms with Gasteiger partial charge in [-0.1, -0.05) is 24.3 Å². The average molecular weight is 450 g/mol. The van der Waals surface area contributed by atoms with E-state index in [9.17, 15) is 18.8 Å². The Labute approximate surface area is 188 Å². The molecule has 1 aromatic heterocycles. The summed E-state index contributed by atoms with van der Waals surface area (Å²) >= 11 is 0. The molecule has 9 heteroatoms. The first kappa shape index (κ1) is 21.8. The molecule has 2 aromatic carbocycles. The number of nitrogens with one attached hydrogen (secondary N) is 1. The Morgan fingerprint density at radius 1 is 1.06 bits per heavy atom. The quantitative estimate of drug-likeness (QED) is 0.333. The number of ether oxygens (including phenoxy) is 2. The average Bonchev–Trinajstić information content (AvgIpc) is 3.39. The van der Waals surface area contributed by atoms with E-state index in [4.69, 9.17) is 9.15 Å². The van der Waals surface area contributed by atoms with Crippen LogP contribution in [0, 0.1) is 5.82 Å². The summed E-state index contributed by atoms with van der Waals surface area (Å²) < 4.78 is 28.5. The van der Waals surface area contributed by atoms with Gasteiger partial charge in [-0.15, -0.1) is 0 Å². The molecule has 33 heavy (non-hydrogen) atoms. The molecule has 8 nitrogen and oxygen atoms in total. The molecule has 4 rings (SSSR count). The van der Waals surface area contributed by atoms with Gasteiger partial charge >= 0.3 is 12.0 Å². The Kier molecular flexibility index (Phi) is 6.21. The van der Waals surface area contributed by atoms with Crippen LogP contribution >= 0.6 is 0 Å². The molecule has 168 valence electrons. The largest absolute Gasteiger partial charge is 0.489 e. The first-order valence-corrected chi connectivity index (χ1v) is 9.92. The van der Waals surface area contributed by atoms with Gasteiger partial charge in [-0.3, -0.25) is 9.69 Å². The molecule has 0 unspecified atom stereocenters. The van der Waals surface area contributed by atoms with Crippen LogP contribution in [0.25, 0.3) is 6.08 Å². The summed E-state index contributed by atoms with van der Waals surface area (Å²) in [7, 11) is 1.23. The maximum atomic E-state index is 13.0. The predicted molar refractivity (Wildman–Crippen MR) is 114 cm³/mol. The Morgan fingerprint density at radius 3 is 2.48 bits per heavy atom. The number of hydrogen-bond acceptors (Lipinski definition) is 6. The molecule has 1 aliphatic heterocycles. The van der Waals surface area contributed by atoms with Crippen molar-refractivity contribution in [2.45, 2.75) is 13.2 Å². The van der Waals surface area contributed by atoms with Gasteiger partial charge in [0.2, 0.25) is 5.76 Å². The number of carbonyl (C=O) groups is 3. The number of methoxy groups -OCH3 is 1. The van der Waals surface area contributed by atoms with Gasteiger partial charge in [0.1, 0.15) is 29.6 Å². The van der Waals surface area contributed by atoms with Gasteiger partial charge in [-0.25, -0.2) is 14.0 Å². The number of esters is 1. The third-order valence-corrected chi connectivity index (χ3v) is 4.83. The van der Waals surface area contributed by atoms with Crippen molar-refractivity contribution in [3.8, 4) is 5.75 Å². The van der Waals surface area contributed by atoms with Crippen LogP contribution in [-0.2, 0) is 22.7 Å². The zero-order valence-electron chi connectivity index (χ0n) is 17.5. The Hall–Kier alpha value is -4.40. The summed E-state index contributed by atoms with van der Waals surface area (Å²) in [4.78, 5) is 37.4. The maximum absolute atomic E-state index is 13.0. The summed E-state index contributed by atoms with van der Waals surface area (Å²) in [6, 6.07) is 15.3. The standard InChI is InChI=1S/C24H19FN2O6/c1-31-23(29)21-11-10-19(33-21)13-27-22(28)20(26-24(27)30)12-15-4-8-18(9-5-15)32-14-16-2-6-17(25)7-3-16/h2-12H,13-14H2,1H3,(H,26,30)/b20-12-. The fourth-order valence-corrected chi connectivity index (χ4v) is 3.12. The number of halogens is 1. The van der Waals surface area contributed by atoms with E-state index in [0.29, 0.717) is 11.3 Å². The number of rotatable bonds is 7. The van der Waals surface area contributed by atoms with Crippen molar-refractivity contribution in [3.63, 3.8) is 0 Å². The molecule has 0 atom stereocenters. The van der Waals surface area contributed by atoms with Crippen LogP contribution in [0.3, 0.4) is 0 Å². The molecule has 1 fully saturated rings. The van der Waals surface area contributed by atoms with Crippen molar-refractivity contribution in [1.82, 2.24) is 10.2 Å². The first-order chi connectivity index (χ1) is 15.9. The van der Waals surface area contributed by atoms with E-state index >= 15 is 0 Å². The number of amides is 3. The van der Waals surface area contributed by atoms with Crippen molar-refractivity contribution in [2.75, 3.05) is 7.11 Å². The number of carbonyl (C=O) groups excluding carboxylic acids is 3. The summed E-state index contributed by atoms with van der Waals surface area (Å²) in [6.07, 6.45) is 1.55. The Morgan fingerprint density at radius 2 is 1.79 bits per heavy atom. The lowest BCUT2D eigenvalue weighted by molar-refractivity contribution is -0.123. The van der Waals surface area contributed by atoms with E-state index < -0.39 is 17.9 Å². The maximum Gasteiger partial charge on any atom is 0.373 e. The highest BCUT2D eigenvalue weighted by Gasteiger charge is 2.34. The summed E-state index contributed by atoms with van der Waals surface area (Å²) in [6.45, 7) is 0.157. The van der Waals surface area contributed by atoms with E-state index in [1.807, 2.05) is 0 Å². The van der Waals surface area contributed by atoms with Crippen LogP contribution in [0.1, 0.15) is 27.4 Å². The second-order valence-corrected chi connectivity index (χ2v) is 7.12. The smallest absolute Gasteiger partial charge is 0.373 e. The van der Waals surface area contributed by atoms with Gasteiger partial charge in [0.05, 0.1) is 13.7 Å². The van der Waals surface area contributed by atoms with Crippen molar-refractivity contribution >= 4 is 24.0 Å². The second-order valence-electron chi connectivity index (χ2n) is 7.12. The van der Waals surface area contributed by atoms with Crippen LogP contribution in [0.15, 0.2) is 70.8 Å². The molecule has 3 aromatic rings. The Bertz CT molecular complexity index is 1210. The van der Waals surface area contributed by atoms with E-state index in [0.717, 1.165) is 10.5 Å². The van der Waals surface area contributed by atoms with Crippen LogP contribution in [0.4, 0.5) is 9.18 Å². The van der Waals surface area contributed by atoms with Gasteiger partial charge in [0.15, 0.2) is 0 Å². The molecule has 2 heterocycles. The number of furan rings is 1. The van der Waals surface area contributed by atoms with Crippen molar-refractivity contribution in [2.24, 2.45) is 0 Å². The van der Waals surface area contributed by atoms with Crippen molar-refractivity contribution in [1.29, 1.82) is 0 Å². The number of nitrogens with zero attached hydrogens (tertiary/aromatic N) is 1. The first-order valence-electron chi connectivity index (χ1n) is 9.92. The lowest BCUT2D eigenvalue weighted by Gasteiger charge is -2.09. The summed E-state index contributed by atoms with van der Waals surface area (Å²) in [5.41, 5.74) is 1.62. The molecule has 0 aliphatic carbocycles. The van der Waals surface area contributed by atoms with Crippen LogP contribution < -0.4 is 10.1 Å². The Balaban J connectivity index is 1.39. The fourth-order valence-electron chi connectivity index (χ4n) is 3.12. The lowest BCUT2D eigenvalue weighted by Crippen LogP contribution is -2.30. The predicted octanol–water partition coefficient (Wildman–Crippen LogP) is 3.88. The normalized spacial score (nSPS) is 14.5. The molecule has 3 amide bonds. The van der Waals surface area contributed by atoms with Gasteiger partial charge in [-0.2, -0.15) is 0 Å². The number of benzene rings is 2. The SMILES string of the molecule is COC(=O)c1ccc(CN2C(=O)N/C(=C\c3ccc(OCc4ccc(F)cc4)cc3)C2=O)o1. The number of hydrogen-bond donors (Lipinski definition) is 1. The topological polar surface area (TPSA) is 98.1 Å². The third-order valence-electron chi connectivity index (χ3n) is 4.83. The van der Waals surface area contributed by atoms with E-state index in [1.54, 1.807) is 42.5 Å². The molecular weight excluding hydrogens is 431 g/mol. The minimum atomic E-state index is -0.649. The van der Waals surface area contributed by atoms with E-state index in [2.05, 4.69) is 10.1 Å². The zero-order valence-corrected chi connectivity index (χ0v) is 17.5. The highest BCUT2D eigenvalue weighted by Crippen LogP contribution is 2.20. The number of imide groups is 1. The molecule has 1 saturated heterocycles. The molecule has 0 spiro atoms. The lowest BCUT2D eigenvalue weighted by atomic mass is 10.2. The molecule has 1 aliphatic rings. The summed E-state index contributed by atoms with van der Waals surface area (Å²) in [5, 5.41) is 2.53. The van der Waals surface area contributed by atoms with Gasteiger partial charge in [0.25, 0.3) is 5.91 Å². The van der Waals surface area contributed by atoms with Crippen LogP contribution in [-0.4, -0.2) is 29.9 Å². The van der Waals surface area contributed by atoms with E-state index in [1.165, 1.54) is 31.4 Å². The van der Waals surface area contributed by atoms with Gasteiger partial charge < -0.3 is 19.2 Å². The minimum Gasteiger partial charge on any atom is -0.489 e. The third kappa shape index (κ3) is 5.09. The second kappa shape index (κ2) is 9.39. The highest BCUT2D eigenvalue weighted by molar-refractivity contribution is 6.13.